The highest BCUT2D eigenvalue weighted by Gasteiger charge is 2.31. The van der Waals surface area contributed by atoms with E-state index >= 15 is 0 Å². The zero-order valence-electron chi connectivity index (χ0n) is 24.9. The van der Waals surface area contributed by atoms with Crippen LogP contribution in [-0.4, -0.2) is 36.2 Å². The Labute approximate surface area is 251 Å². The van der Waals surface area contributed by atoms with Gasteiger partial charge in [0, 0.05) is 18.2 Å². The lowest BCUT2D eigenvalue weighted by molar-refractivity contribution is -0.0401. The Kier molecular flexibility index (Phi) is 9.66. The number of ether oxygens (including phenoxy) is 2. The number of aromatic hydroxyl groups is 1. The van der Waals surface area contributed by atoms with Crippen LogP contribution in [0.5, 0.6) is 5.75 Å². The van der Waals surface area contributed by atoms with Crippen LogP contribution in [0.15, 0.2) is 78.8 Å². The first kappa shape index (κ1) is 28.7. The summed E-state index contributed by atoms with van der Waals surface area (Å²) in [4.78, 5) is 2.66. The zero-order chi connectivity index (χ0) is 28.6. The average molecular weight is 567 g/mol. The standard InChI is InChI=1S/C37H46N2O3/c40-33-20-19-30-25-32(18-17-31(30)26-33)36-27-41-37(42-36)34-11-3-4-12-35(34)38-21-7-9-28-13-15-29(16-14-28)10-8-24-39-22-5-1-2-6-23-39/h3-4,11-16,19-20,26-27,32,37-38,40H,1-2,5-10,17-18,21-25H2. The molecule has 1 aliphatic carbocycles. The van der Waals surface area contributed by atoms with Crippen LogP contribution in [0.2, 0.25) is 0 Å². The van der Waals surface area contributed by atoms with Crippen molar-refractivity contribution in [1.29, 1.82) is 0 Å². The Morgan fingerprint density at radius 1 is 0.833 bits per heavy atom. The number of likely N-dealkylation sites (tertiary alicyclic amines) is 1. The van der Waals surface area contributed by atoms with E-state index in [2.05, 4.69) is 52.7 Å². The van der Waals surface area contributed by atoms with Crippen LogP contribution in [-0.2, 0) is 35.2 Å². The van der Waals surface area contributed by atoms with E-state index in [1.807, 2.05) is 24.5 Å². The summed E-state index contributed by atoms with van der Waals surface area (Å²) >= 11 is 0. The number of hydrogen-bond acceptors (Lipinski definition) is 5. The molecular weight excluding hydrogens is 520 g/mol. The van der Waals surface area contributed by atoms with E-state index in [4.69, 9.17) is 9.47 Å². The third-order valence-electron chi connectivity index (χ3n) is 9.21. The third-order valence-corrected chi connectivity index (χ3v) is 9.21. The topological polar surface area (TPSA) is 54.0 Å². The Morgan fingerprint density at radius 3 is 2.40 bits per heavy atom. The van der Waals surface area contributed by atoms with Gasteiger partial charge < -0.3 is 24.8 Å². The normalized spacial score (nSPS) is 20.6. The first-order chi connectivity index (χ1) is 20.7. The molecule has 6 rings (SSSR count). The van der Waals surface area contributed by atoms with Crippen molar-refractivity contribution >= 4 is 5.69 Å². The molecule has 2 heterocycles. The summed E-state index contributed by atoms with van der Waals surface area (Å²) in [6, 6.07) is 23.3. The molecule has 3 aromatic carbocycles. The molecule has 3 aromatic rings. The number of fused-ring (bicyclic) bond motifs is 1. The Morgan fingerprint density at radius 2 is 1.60 bits per heavy atom. The number of aryl methyl sites for hydroxylation is 3. The van der Waals surface area contributed by atoms with Gasteiger partial charge in [0.05, 0.1) is 5.56 Å². The molecule has 0 radical (unpaired) electrons. The number of nitrogens with zero attached hydrogens (tertiary/aromatic N) is 1. The predicted molar refractivity (Wildman–Crippen MR) is 170 cm³/mol. The Hall–Kier alpha value is -3.44. The van der Waals surface area contributed by atoms with Crippen molar-refractivity contribution in [2.45, 2.75) is 76.9 Å². The van der Waals surface area contributed by atoms with Gasteiger partial charge in [-0.25, -0.2) is 0 Å². The van der Waals surface area contributed by atoms with Crippen LogP contribution < -0.4 is 5.32 Å². The molecule has 0 spiro atoms. The summed E-state index contributed by atoms with van der Waals surface area (Å²) in [6.07, 6.45) is 14.4. The van der Waals surface area contributed by atoms with Crippen LogP contribution in [0, 0.1) is 5.92 Å². The largest absolute Gasteiger partial charge is 0.508 e. The summed E-state index contributed by atoms with van der Waals surface area (Å²) in [7, 11) is 0. The van der Waals surface area contributed by atoms with E-state index in [0.29, 0.717) is 11.7 Å². The molecule has 2 aliphatic heterocycles. The molecule has 5 nitrogen and oxygen atoms in total. The van der Waals surface area contributed by atoms with Crippen LogP contribution in [0.25, 0.3) is 0 Å². The van der Waals surface area contributed by atoms with E-state index in [1.54, 1.807) is 6.07 Å². The molecule has 1 saturated heterocycles. The molecule has 0 saturated carbocycles. The van der Waals surface area contributed by atoms with Gasteiger partial charge in [-0.1, -0.05) is 55.3 Å². The van der Waals surface area contributed by atoms with Crippen molar-refractivity contribution in [3.63, 3.8) is 0 Å². The highest BCUT2D eigenvalue weighted by atomic mass is 16.7. The fraction of sp³-hybridized carbons (Fsp3) is 0.459. The average Bonchev–Trinajstić information content (AvgIpc) is 3.37. The molecule has 0 amide bonds. The molecule has 2 unspecified atom stereocenters. The summed E-state index contributed by atoms with van der Waals surface area (Å²) in [5.41, 5.74) is 7.50. The second-order valence-electron chi connectivity index (χ2n) is 12.3. The van der Waals surface area contributed by atoms with Crippen molar-refractivity contribution in [1.82, 2.24) is 4.90 Å². The predicted octanol–water partition coefficient (Wildman–Crippen LogP) is 7.94. The second kappa shape index (κ2) is 14.2. The third kappa shape index (κ3) is 7.49. The number of allylic oxidation sites excluding steroid dienone is 1. The molecule has 42 heavy (non-hydrogen) atoms. The van der Waals surface area contributed by atoms with Gasteiger partial charge in [0.25, 0.3) is 6.29 Å². The number of para-hydroxylation sites is 1. The fourth-order valence-electron chi connectivity index (χ4n) is 6.74. The van der Waals surface area contributed by atoms with Crippen molar-refractivity contribution in [2.75, 3.05) is 31.5 Å². The van der Waals surface area contributed by atoms with Crippen molar-refractivity contribution < 1.29 is 14.6 Å². The van der Waals surface area contributed by atoms with E-state index in [9.17, 15) is 5.11 Å². The minimum Gasteiger partial charge on any atom is -0.508 e. The van der Waals surface area contributed by atoms with Crippen molar-refractivity contribution in [2.24, 2.45) is 5.92 Å². The van der Waals surface area contributed by atoms with Crippen LogP contribution >= 0.6 is 0 Å². The monoisotopic (exact) mass is 566 g/mol. The lowest BCUT2D eigenvalue weighted by atomic mass is 9.83. The van der Waals surface area contributed by atoms with Crippen molar-refractivity contribution in [3.05, 3.63) is 107 Å². The maximum atomic E-state index is 9.80. The van der Waals surface area contributed by atoms with Gasteiger partial charge in [-0.2, -0.15) is 0 Å². The quantitative estimate of drug-likeness (QED) is 0.231. The molecule has 2 N–H and O–H groups in total. The molecule has 222 valence electrons. The molecule has 5 heteroatoms. The fourth-order valence-corrected chi connectivity index (χ4v) is 6.74. The number of anilines is 1. The van der Waals surface area contributed by atoms with Gasteiger partial charge >= 0.3 is 0 Å². The summed E-state index contributed by atoms with van der Waals surface area (Å²) in [6.45, 7) is 4.72. The van der Waals surface area contributed by atoms with E-state index < -0.39 is 6.29 Å². The smallest absolute Gasteiger partial charge is 0.268 e. The van der Waals surface area contributed by atoms with Gasteiger partial charge in [-0.05, 0) is 124 Å². The summed E-state index contributed by atoms with van der Waals surface area (Å²) < 4.78 is 12.4. The minimum atomic E-state index is -0.420. The molecular formula is C37H46N2O3. The highest BCUT2D eigenvalue weighted by molar-refractivity contribution is 5.52. The number of benzene rings is 3. The van der Waals surface area contributed by atoms with Gasteiger partial charge in [0.2, 0.25) is 0 Å². The van der Waals surface area contributed by atoms with Crippen molar-refractivity contribution in [3.8, 4) is 5.75 Å². The Bertz CT molecular complexity index is 1330. The van der Waals surface area contributed by atoms with E-state index in [1.165, 1.54) is 80.4 Å². The van der Waals surface area contributed by atoms with Gasteiger partial charge in [0.1, 0.15) is 17.8 Å². The van der Waals surface area contributed by atoms with E-state index in [0.717, 1.165) is 55.7 Å². The van der Waals surface area contributed by atoms with Crippen LogP contribution in [0.4, 0.5) is 5.69 Å². The lowest BCUT2D eigenvalue weighted by Gasteiger charge is -2.25. The number of hydrogen-bond donors (Lipinski definition) is 2. The first-order valence-corrected chi connectivity index (χ1v) is 16.2. The molecule has 1 fully saturated rings. The number of rotatable bonds is 11. The molecule has 0 bridgehead atoms. The highest BCUT2D eigenvalue weighted by Crippen LogP contribution is 2.40. The van der Waals surface area contributed by atoms with Crippen LogP contribution in [0.1, 0.15) is 79.1 Å². The molecule has 2 atom stereocenters. The SMILES string of the molecule is Oc1ccc2c(c1)CCC(C1=COC(c3ccccc3NCCCc3ccc(CCCN4CCCCCC4)cc3)O1)C2. The maximum Gasteiger partial charge on any atom is 0.268 e. The van der Waals surface area contributed by atoms with E-state index in [-0.39, 0.29) is 0 Å². The van der Waals surface area contributed by atoms with Gasteiger partial charge in [-0.3, -0.25) is 0 Å². The summed E-state index contributed by atoms with van der Waals surface area (Å²) in [5, 5.41) is 13.4. The minimum absolute atomic E-state index is 0.304. The lowest BCUT2D eigenvalue weighted by Crippen LogP contribution is -2.26. The number of nitrogens with one attached hydrogen (secondary N) is 1. The molecule has 0 aromatic heterocycles. The van der Waals surface area contributed by atoms with Crippen LogP contribution in [0.3, 0.4) is 0 Å². The summed E-state index contributed by atoms with van der Waals surface area (Å²) in [5.74, 6) is 1.58. The van der Waals surface area contributed by atoms with Gasteiger partial charge in [-0.15, -0.1) is 0 Å². The maximum absolute atomic E-state index is 9.80. The zero-order valence-corrected chi connectivity index (χ0v) is 24.9. The first-order valence-electron chi connectivity index (χ1n) is 16.2. The second-order valence-corrected chi connectivity index (χ2v) is 12.3. The molecule has 3 aliphatic rings. The number of phenolic OH excluding ortho intramolecular Hbond substituents is 1. The Balaban J connectivity index is 0.937. The number of phenols is 1. The van der Waals surface area contributed by atoms with Gasteiger partial charge in [0.15, 0.2) is 0 Å².